The maximum absolute atomic E-state index is 13.1. The van der Waals surface area contributed by atoms with Crippen LogP contribution >= 0.6 is 0 Å². The molecule has 4 saturated carbocycles. The zero-order valence-corrected chi connectivity index (χ0v) is 16.3. The molecular weight excluding hydrogens is 328 g/mol. The fraction of sp³-hybridized carbons (Fsp3) is 0.818. The average Bonchev–Trinajstić information content (AvgIpc) is 3.23. The minimum Gasteiger partial charge on any atom is -0.460 e. The van der Waals surface area contributed by atoms with Crippen LogP contribution in [0.15, 0.2) is 12.7 Å². The molecule has 4 rings (SSSR count). The van der Waals surface area contributed by atoms with Gasteiger partial charge in [0.1, 0.15) is 18.5 Å². The van der Waals surface area contributed by atoms with Crippen LogP contribution in [0.5, 0.6) is 0 Å². The van der Waals surface area contributed by atoms with Gasteiger partial charge in [-0.15, -0.1) is 6.58 Å². The first kappa shape index (κ1) is 18.2. The molecular formula is C22H32O4. The minimum absolute atomic E-state index is 0.0156. The van der Waals surface area contributed by atoms with Crippen molar-refractivity contribution in [2.24, 2.45) is 39.9 Å². The van der Waals surface area contributed by atoms with Gasteiger partial charge in [-0.25, -0.2) is 4.79 Å². The van der Waals surface area contributed by atoms with Crippen molar-refractivity contribution >= 4 is 11.8 Å². The summed E-state index contributed by atoms with van der Waals surface area (Å²) in [5.41, 5.74) is -0.311. The lowest BCUT2D eigenvalue weighted by Crippen LogP contribution is -2.59. The smallest absolute Gasteiger partial charge is 0.332 e. The quantitative estimate of drug-likeness (QED) is 0.618. The van der Waals surface area contributed by atoms with E-state index in [2.05, 4.69) is 33.4 Å². The minimum atomic E-state index is -0.606. The van der Waals surface area contributed by atoms with Gasteiger partial charge in [-0.1, -0.05) is 26.8 Å². The highest BCUT2D eigenvalue weighted by atomic mass is 16.6. The van der Waals surface area contributed by atoms with Crippen molar-refractivity contribution in [2.75, 3.05) is 6.61 Å². The topological polar surface area (TPSA) is 63.6 Å². The Morgan fingerprint density at radius 2 is 2.08 bits per heavy atom. The number of carbonyl (C=O) groups is 2. The third-order valence-electron chi connectivity index (χ3n) is 9.22. The number of aliphatic hydroxyl groups excluding tert-OH is 1. The molecule has 4 fully saturated rings. The van der Waals surface area contributed by atoms with Gasteiger partial charge in [-0.3, -0.25) is 4.79 Å². The molecule has 4 nitrogen and oxygen atoms in total. The van der Waals surface area contributed by atoms with Crippen molar-refractivity contribution < 1.29 is 19.4 Å². The fourth-order valence-corrected chi connectivity index (χ4v) is 7.41. The predicted molar refractivity (Wildman–Crippen MR) is 98.2 cm³/mol. The van der Waals surface area contributed by atoms with Gasteiger partial charge in [-0.2, -0.15) is 0 Å². The van der Waals surface area contributed by atoms with Crippen LogP contribution in [0.3, 0.4) is 0 Å². The molecule has 0 heterocycles. The lowest BCUT2D eigenvalue weighted by molar-refractivity contribution is -0.190. The van der Waals surface area contributed by atoms with Crippen LogP contribution < -0.4 is 0 Å². The van der Waals surface area contributed by atoms with Crippen molar-refractivity contribution in [3.63, 3.8) is 0 Å². The molecule has 26 heavy (non-hydrogen) atoms. The van der Waals surface area contributed by atoms with Crippen LogP contribution in [0.1, 0.15) is 59.3 Å². The number of fused-ring (bicyclic) bond motifs is 1. The summed E-state index contributed by atoms with van der Waals surface area (Å²) in [7, 11) is 0. The summed E-state index contributed by atoms with van der Waals surface area (Å²) in [5.74, 6) is 1.09. The number of ether oxygens (including phenoxy) is 1. The third kappa shape index (κ3) is 2.11. The van der Waals surface area contributed by atoms with Crippen molar-refractivity contribution in [2.45, 2.75) is 65.4 Å². The summed E-state index contributed by atoms with van der Waals surface area (Å²) in [6.07, 6.45) is 7.37. The highest BCUT2D eigenvalue weighted by Gasteiger charge is 2.72. The molecule has 0 amide bonds. The molecule has 4 aliphatic carbocycles. The predicted octanol–water partition coefficient (Wildman–Crippen LogP) is 3.52. The zero-order chi connectivity index (χ0) is 18.9. The van der Waals surface area contributed by atoms with Gasteiger partial charge in [0.25, 0.3) is 0 Å². The second-order valence-corrected chi connectivity index (χ2v) is 9.82. The number of ketones is 1. The van der Waals surface area contributed by atoms with Crippen LogP contribution in [0.2, 0.25) is 0 Å². The van der Waals surface area contributed by atoms with Gasteiger partial charge in [0.05, 0.1) is 0 Å². The third-order valence-corrected chi connectivity index (χ3v) is 9.22. The summed E-state index contributed by atoms with van der Waals surface area (Å²) in [4.78, 5) is 25.2. The van der Waals surface area contributed by atoms with E-state index in [4.69, 9.17) is 4.74 Å². The highest BCUT2D eigenvalue weighted by molar-refractivity contribution is 5.85. The molecule has 8 atom stereocenters. The molecule has 0 spiro atoms. The summed E-state index contributed by atoms with van der Waals surface area (Å²) in [5, 5.41) is 9.28. The summed E-state index contributed by atoms with van der Waals surface area (Å²) < 4.78 is 5.86. The number of carbonyl (C=O) groups excluding carboxylic acids is 2. The van der Waals surface area contributed by atoms with Gasteiger partial charge in [0.2, 0.25) is 0 Å². The Morgan fingerprint density at radius 1 is 1.35 bits per heavy atom. The van der Waals surface area contributed by atoms with Crippen molar-refractivity contribution in [3.05, 3.63) is 12.7 Å². The highest BCUT2D eigenvalue weighted by Crippen LogP contribution is 2.74. The average molecular weight is 360 g/mol. The first-order valence-electron chi connectivity index (χ1n) is 10.2. The van der Waals surface area contributed by atoms with Crippen LogP contribution in [0, 0.1) is 39.9 Å². The van der Waals surface area contributed by atoms with E-state index in [1.807, 2.05) is 0 Å². The molecule has 144 valence electrons. The normalized spacial score (nSPS) is 52.3. The maximum atomic E-state index is 13.1. The zero-order valence-electron chi connectivity index (χ0n) is 16.3. The Morgan fingerprint density at radius 3 is 2.73 bits per heavy atom. The molecule has 0 aromatic rings. The molecule has 1 N–H and O–H groups in total. The van der Waals surface area contributed by atoms with Crippen molar-refractivity contribution in [1.29, 1.82) is 0 Å². The molecule has 0 saturated heterocycles. The van der Waals surface area contributed by atoms with E-state index >= 15 is 0 Å². The van der Waals surface area contributed by atoms with E-state index < -0.39 is 12.6 Å². The molecule has 2 bridgehead atoms. The molecule has 0 radical (unpaired) electrons. The van der Waals surface area contributed by atoms with E-state index in [0.29, 0.717) is 30.0 Å². The lowest BCUT2D eigenvalue weighted by atomic mass is 9.45. The van der Waals surface area contributed by atoms with Crippen molar-refractivity contribution in [1.82, 2.24) is 0 Å². The monoisotopic (exact) mass is 360 g/mol. The van der Waals surface area contributed by atoms with Crippen LogP contribution in [0.25, 0.3) is 0 Å². The molecule has 4 aliphatic rings. The first-order chi connectivity index (χ1) is 12.2. The van der Waals surface area contributed by atoms with Crippen LogP contribution in [-0.2, 0) is 14.3 Å². The second-order valence-electron chi connectivity index (χ2n) is 9.82. The second kappa shape index (κ2) is 5.67. The number of hydrogen-bond donors (Lipinski definition) is 1. The summed E-state index contributed by atoms with van der Waals surface area (Å²) in [6, 6.07) is 0. The Balaban J connectivity index is 1.86. The number of Topliss-reactive ketones (excluding diaryl/α,β-unsaturated/α-hetero) is 1. The lowest BCUT2D eigenvalue weighted by Gasteiger charge is -2.59. The van der Waals surface area contributed by atoms with Gasteiger partial charge in [0.15, 0.2) is 0 Å². The Kier molecular flexibility index (Phi) is 3.97. The molecule has 0 aromatic heterocycles. The number of allylic oxidation sites excluding steroid dienone is 1. The Bertz CT molecular complexity index is 657. The Hall–Kier alpha value is -1.16. The summed E-state index contributed by atoms with van der Waals surface area (Å²) >= 11 is 0. The van der Waals surface area contributed by atoms with Gasteiger partial charge in [-0.05, 0) is 60.7 Å². The van der Waals surface area contributed by atoms with E-state index in [9.17, 15) is 14.7 Å². The SMILES string of the molecule is C=C[C@@]12C[C@H]1[C@H](C)C13CCC(=O)C1[C@@](C)(C(C)CC3)[C@H](OC(=O)CO)C2. The Labute approximate surface area is 156 Å². The number of aliphatic hydroxyl groups is 1. The fourth-order valence-electron chi connectivity index (χ4n) is 7.41. The van der Waals surface area contributed by atoms with Crippen molar-refractivity contribution in [3.8, 4) is 0 Å². The molecule has 0 aliphatic heterocycles. The largest absolute Gasteiger partial charge is 0.460 e. The van der Waals surface area contributed by atoms with Crippen LogP contribution in [-0.4, -0.2) is 29.6 Å². The van der Waals surface area contributed by atoms with E-state index in [0.717, 1.165) is 32.1 Å². The molecule has 3 unspecified atom stereocenters. The van der Waals surface area contributed by atoms with Gasteiger partial charge in [0, 0.05) is 17.8 Å². The number of esters is 1. The van der Waals surface area contributed by atoms with E-state index in [-0.39, 0.29) is 28.3 Å². The molecule has 4 heteroatoms. The maximum Gasteiger partial charge on any atom is 0.332 e. The summed E-state index contributed by atoms with van der Waals surface area (Å²) in [6.45, 7) is 10.3. The van der Waals surface area contributed by atoms with Gasteiger partial charge < -0.3 is 9.84 Å². The molecule has 0 aromatic carbocycles. The number of rotatable bonds is 3. The first-order valence-corrected chi connectivity index (χ1v) is 10.2. The van der Waals surface area contributed by atoms with E-state index in [1.165, 1.54) is 0 Å². The van der Waals surface area contributed by atoms with Gasteiger partial charge >= 0.3 is 5.97 Å². The van der Waals surface area contributed by atoms with E-state index in [1.54, 1.807) is 0 Å². The standard InChI is InChI=1S/C22H32O4/c1-5-21-10-15(21)14(3)22-8-6-13(2)20(4,19(22)16(24)7-9-22)17(11-21)26-18(25)12-23/h5,13-15,17,19,23H,1,6-12H2,2-4H3/t13?,14-,15-,17+,19?,20-,21-,22?/m0/s1. The number of hydrogen-bond acceptors (Lipinski definition) is 4. The van der Waals surface area contributed by atoms with Crippen LogP contribution in [0.4, 0.5) is 0 Å².